The Labute approximate surface area is 137 Å². The number of hydrogen-bond acceptors (Lipinski definition) is 4. The smallest absolute Gasteiger partial charge is 0.231 e. The predicted octanol–water partition coefficient (Wildman–Crippen LogP) is 3.31. The summed E-state index contributed by atoms with van der Waals surface area (Å²) in [7, 11) is 0. The van der Waals surface area contributed by atoms with Crippen LogP contribution in [0, 0.1) is 23.2 Å². The Balaban J connectivity index is 1.73. The molecule has 0 radical (unpaired) electrons. The monoisotopic (exact) mass is 316 g/mol. The largest absolute Gasteiger partial charge is 0.454 e. The summed E-state index contributed by atoms with van der Waals surface area (Å²) in [4.78, 5) is 0. The Kier molecular flexibility index (Phi) is 3.43. The van der Waals surface area contributed by atoms with Crippen molar-refractivity contribution in [2.45, 2.75) is 26.9 Å². The minimum atomic E-state index is -0.170. The van der Waals surface area contributed by atoms with Gasteiger partial charge in [-0.15, -0.1) is 0 Å². The highest BCUT2D eigenvalue weighted by atomic mass is 16.7. The maximum atomic E-state index is 10.1. The van der Waals surface area contributed by atoms with Gasteiger partial charge >= 0.3 is 0 Å². The summed E-state index contributed by atoms with van der Waals surface area (Å²) in [6.45, 7) is 7.68. The van der Waals surface area contributed by atoms with Gasteiger partial charge in [-0.25, -0.2) is 0 Å². The van der Waals surface area contributed by atoms with E-state index in [2.05, 4.69) is 32.9 Å². The maximum absolute atomic E-state index is 10.1. The van der Waals surface area contributed by atoms with Gasteiger partial charge in [-0.2, -0.15) is 0 Å². The second kappa shape index (κ2) is 5.25. The molecule has 1 aromatic rings. The third-order valence-electron chi connectivity index (χ3n) is 6.27. The lowest BCUT2D eigenvalue weighted by molar-refractivity contribution is -0.165. The van der Waals surface area contributed by atoms with E-state index in [0.29, 0.717) is 18.4 Å². The summed E-state index contributed by atoms with van der Waals surface area (Å²) in [5.74, 6) is 2.58. The molecule has 124 valence electrons. The molecule has 4 nitrogen and oxygen atoms in total. The first-order chi connectivity index (χ1) is 11.1. The van der Waals surface area contributed by atoms with Gasteiger partial charge in [-0.3, -0.25) is 0 Å². The van der Waals surface area contributed by atoms with Crippen molar-refractivity contribution < 1.29 is 19.3 Å². The summed E-state index contributed by atoms with van der Waals surface area (Å²) in [6, 6.07) is 6.07. The van der Waals surface area contributed by atoms with Crippen molar-refractivity contribution in [3.05, 3.63) is 35.4 Å². The Morgan fingerprint density at radius 2 is 2.00 bits per heavy atom. The molecule has 1 fully saturated rings. The predicted molar refractivity (Wildman–Crippen MR) is 86.4 cm³/mol. The van der Waals surface area contributed by atoms with Crippen LogP contribution in [0.5, 0.6) is 11.5 Å². The molecular weight excluding hydrogens is 292 g/mol. The van der Waals surface area contributed by atoms with E-state index in [9.17, 15) is 5.11 Å². The fourth-order valence-corrected chi connectivity index (χ4v) is 4.68. The number of allylic oxidation sites excluding steroid dienone is 1. The number of benzene rings is 1. The van der Waals surface area contributed by atoms with Crippen LogP contribution in [0.1, 0.15) is 32.4 Å². The maximum Gasteiger partial charge on any atom is 0.231 e. The second-order valence-electron chi connectivity index (χ2n) is 7.25. The van der Waals surface area contributed by atoms with Gasteiger partial charge in [-0.1, -0.05) is 31.6 Å². The molecule has 0 unspecified atom stereocenters. The van der Waals surface area contributed by atoms with Gasteiger partial charge < -0.3 is 19.3 Å². The van der Waals surface area contributed by atoms with Crippen LogP contribution in [0.15, 0.2) is 29.8 Å². The van der Waals surface area contributed by atoms with Crippen molar-refractivity contribution >= 4 is 0 Å². The molecule has 4 rings (SSSR count). The highest BCUT2D eigenvalue weighted by molar-refractivity contribution is 5.45. The highest BCUT2D eigenvalue weighted by Gasteiger charge is 2.53. The van der Waals surface area contributed by atoms with Crippen LogP contribution in [0.25, 0.3) is 0 Å². The number of hydrogen-bond donors (Lipinski definition) is 1. The van der Waals surface area contributed by atoms with Crippen LogP contribution < -0.4 is 9.47 Å². The molecule has 1 N–H and O–H groups in total. The Morgan fingerprint density at radius 3 is 2.78 bits per heavy atom. The molecule has 0 saturated carbocycles. The Hall–Kier alpha value is -1.52. The van der Waals surface area contributed by atoms with Crippen molar-refractivity contribution in [3.63, 3.8) is 0 Å². The zero-order valence-electron chi connectivity index (χ0n) is 13.9. The summed E-state index contributed by atoms with van der Waals surface area (Å²) >= 11 is 0. The van der Waals surface area contributed by atoms with E-state index >= 15 is 0 Å². The number of aliphatic hydroxyl groups excluding tert-OH is 1. The molecule has 0 amide bonds. The number of fused-ring (bicyclic) bond motifs is 3. The van der Waals surface area contributed by atoms with Crippen LogP contribution in [0.2, 0.25) is 0 Å². The normalized spacial score (nSPS) is 38.3. The topological polar surface area (TPSA) is 47.9 Å². The molecule has 3 aliphatic rings. The van der Waals surface area contributed by atoms with Crippen LogP contribution in [0.3, 0.4) is 0 Å². The van der Waals surface area contributed by atoms with Crippen molar-refractivity contribution in [2.75, 3.05) is 20.0 Å². The third kappa shape index (κ3) is 2.05. The van der Waals surface area contributed by atoms with E-state index in [1.54, 1.807) is 0 Å². The van der Waals surface area contributed by atoms with E-state index in [0.717, 1.165) is 17.1 Å². The molecule has 2 bridgehead atoms. The van der Waals surface area contributed by atoms with Gasteiger partial charge in [0.1, 0.15) is 0 Å². The van der Waals surface area contributed by atoms with Crippen molar-refractivity contribution in [3.8, 4) is 11.5 Å². The number of ether oxygens (including phenoxy) is 3. The molecule has 1 aromatic carbocycles. The van der Waals surface area contributed by atoms with E-state index in [-0.39, 0.29) is 30.8 Å². The van der Waals surface area contributed by atoms with Crippen LogP contribution in [0.4, 0.5) is 0 Å². The molecule has 5 atom stereocenters. The van der Waals surface area contributed by atoms with E-state index in [4.69, 9.17) is 14.2 Å². The van der Waals surface area contributed by atoms with Gasteiger partial charge in [0.05, 0.1) is 19.3 Å². The van der Waals surface area contributed by atoms with Gasteiger partial charge in [0.25, 0.3) is 0 Å². The summed E-state index contributed by atoms with van der Waals surface area (Å²) < 4.78 is 17.2. The first-order valence-corrected chi connectivity index (χ1v) is 8.37. The molecule has 2 heterocycles. The Morgan fingerprint density at radius 1 is 1.22 bits per heavy atom. The zero-order valence-corrected chi connectivity index (χ0v) is 13.9. The summed E-state index contributed by atoms with van der Waals surface area (Å²) in [5.41, 5.74) is 2.31. The van der Waals surface area contributed by atoms with Crippen molar-refractivity contribution in [1.29, 1.82) is 0 Å². The minimum Gasteiger partial charge on any atom is -0.454 e. The lowest BCUT2D eigenvalue weighted by Gasteiger charge is -2.55. The molecule has 0 spiro atoms. The third-order valence-corrected chi connectivity index (χ3v) is 6.27. The van der Waals surface area contributed by atoms with Crippen molar-refractivity contribution in [2.24, 2.45) is 23.2 Å². The fourth-order valence-electron chi connectivity index (χ4n) is 4.68. The summed E-state index contributed by atoms with van der Waals surface area (Å²) in [6.07, 6.45) is 2.33. The first kappa shape index (κ1) is 15.0. The quantitative estimate of drug-likeness (QED) is 0.850. The molecule has 1 aliphatic carbocycles. The lowest BCUT2D eigenvalue weighted by atomic mass is 9.56. The standard InChI is InChI=1S/C19H24O4/c1-11-6-12(2)19(8-20)9-21-18(17(11)13(19)3)14-4-5-15-16(7-14)23-10-22-15/h4-7,12-13,17-18,20H,8-10H2,1-3H3/t12-,13-,17-,18-,19-/m1/s1. The SMILES string of the molecule is CC1=C[C@@H](C)[C@@]2(CO)CO[C@H](c3ccc4c(c3)OCO4)[C@H]1[C@H]2C. The molecule has 2 aliphatic heterocycles. The number of rotatable bonds is 2. The van der Waals surface area contributed by atoms with Gasteiger partial charge in [0, 0.05) is 11.3 Å². The zero-order chi connectivity index (χ0) is 16.2. The lowest BCUT2D eigenvalue weighted by Crippen LogP contribution is -2.53. The van der Waals surface area contributed by atoms with Crippen LogP contribution >= 0.6 is 0 Å². The first-order valence-electron chi connectivity index (χ1n) is 8.37. The van der Waals surface area contributed by atoms with Crippen molar-refractivity contribution in [1.82, 2.24) is 0 Å². The van der Waals surface area contributed by atoms with E-state index in [1.165, 1.54) is 5.57 Å². The number of aliphatic hydroxyl groups is 1. The Bertz CT molecular complexity index is 653. The van der Waals surface area contributed by atoms with Gasteiger partial charge in [0.15, 0.2) is 11.5 Å². The fraction of sp³-hybridized carbons (Fsp3) is 0.579. The second-order valence-corrected chi connectivity index (χ2v) is 7.25. The van der Waals surface area contributed by atoms with E-state index < -0.39 is 0 Å². The molecule has 4 heteroatoms. The summed E-state index contributed by atoms with van der Waals surface area (Å²) in [5, 5.41) is 10.1. The van der Waals surface area contributed by atoms with Crippen LogP contribution in [-0.4, -0.2) is 25.1 Å². The molecular formula is C19H24O4. The van der Waals surface area contributed by atoms with Crippen LogP contribution in [-0.2, 0) is 4.74 Å². The molecule has 1 saturated heterocycles. The van der Waals surface area contributed by atoms with Gasteiger partial charge in [-0.05, 0) is 36.5 Å². The average molecular weight is 316 g/mol. The minimum absolute atomic E-state index is 0.00271. The van der Waals surface area contributed by atoms with Gasteiger partial charge in [0.2, 0.25) is 6.79 Å². The highest BCUT2D eigenvalue weighted by Crippen LogP contribution is 2.56. The average Bonchev–Trinajstić information content (AvgIpc) is 3.00. The molecule has 23 heavy (non-hydrogen) atoms. The van der Waals surface area contributed by atoms with E-state index in [1.807, 2.05) is 12.1 Å². The molecule has 0 aromatic heterocycles.